The summed E-state index contributed by atoms with van der Waals surface area (Å²) in [6.07, 6.45) is 3.04. The van der Waals surface area contributed by atoms with E-state index in [1.165, 1.54) is 5.41 Å². The minimum absolute atomic E-state index is 0.138. The molecule has 5 nitrogen and oxygen atoms in total. The van der Waals surface area contributed by atoms with Crippen molar-refractivity contribution in [1.29, 1.82) is 0 Å². The minimum atomic E-state index is -3.51. The summed E-state index contributed by atoms with van der Waals surface area (Å²) in [7, 11) is -3.51. The molecule has 3 rings (SSSR count). The van der Waals surface area contributed by atoms with Gasteiger partial charge in [0.05, 0.1) is 0 Å². The predicted octanol–water partition coefficient (Wildman–Crippen LogP) is 2.90. The number of nitrogens with one attached hydrogen (secondary N) is 1. The number of anilines is 1. The lowest BCUT2D eigenvalue weighted by Crippen LogP contribution is -2.24. The number of rotatable bonds is 6. The molecular weight excluding hydrogens is 336 g/mol. The van der Waals surface area contributed by atoms with Gasteiger partial charge >= 0.3 is 0 Å². The highest BCUT2D eigenvalue weighted by molar-refractivity contribution is 7.92. The fourth-order valence-electron chi connectivity index (χ4n) is 2.68. The zero-order valence-corrected chi connectivity index (χ0v) is 14.6. The molecule has 1 aliphatic rings. The topological polar surface area (TPSA) is 66.5 Å². The van der Waals surface area contributed by atoms with Gasteiger partial charge in [0.1, 0.15) is 0 Å². The Morgan fingerprint density at radius 1 is 1.04 bits per heavy atom. The number of benzene rings is 2. The van der Waals surface area contributed by atoms with E-state index in [9.17, 15) is 13.2 Å². The normalized spacial score (nSPS) is 15.2. The van der Waals surface area contributed by atoms with Crippen molar-refractivity contribution in [2.45, 2.75) is 19.4 Å². The number of nitrogens with zero attached hydrogens (tertiary/aromatic N) is 1. The van der Waals surface area contributed by atoms with E-state index in [-0.39, 0.29) is 12.5 Å². The molecular formula is C19H20N2O3S. The van der Waals surface area contributed by atoms with Gasteiger partial charge in [0, 0.05) is 30.6 Å². The van der Waals surface area contributed by atoms with Crippen LogP contribution in [0.15, 0.2) is 60.0 Å². The van der Waals surface area contributed by atoms with Gasteiger partial charge in [-0.1, -0.05) is 42.5 Å². The number of hydrogen-bond acceptors (Lipinski definition) is 3. The van der Waals surface area contributed by atoms with Crippen LogP contribution in [0, 0.1) is 0 Å². The van der Waals surface area contributed by atoms with E-state index in [0.717, 1.165) is 29.8 Å². The first-order valence-electron chi connectivity index (χ1n) is 8.16. The third-order valence-corrected chi connectivity index (χ3v) is 5.08. The quantitative estimate of drug-likeness (QED) is 0.865. The lowest BCUT2D eigenvalue weighted by atomic mass is 10.2. The van der Waals surface area contributed by atoms with Gasteiger partial charge in [0.25, 0.3) is 0 Å². The third kappa shape index (κ3) is 4.78. The Labute approximate surface area is 148 Å². The molecule has 2 aromatic rings. The highest BCUT2D eigenvalue weighted by atomic mass is 32.2. The molecule has 2 aromatic carbocycles. The molecule has 0 atom stereocenters. The molecule has 1 saturated heterocycles. The maximum atomic E-state index is 12.0. The van der Waals surface area contributed by atoms with Gasteiger partial charge in [-0.15, -0.1) is 0 Å². The van der Waals surface area contributed by atoms with Crippen LogP contribution in [0.2, 0.25) is 0 Å². The summed E-state index contributed by atoms with van der Waals surface area (Å²) in [4.78, 5) is 13.5. The van der Waals surface area contributed by atoms with Crippen LogP contribution in [0.3, 0.4) is 0 Å². The second kappa shape index (κ2) is 7.63. The molecule has 1 N–H and O–H groups in total. The molecule has 0 saturated carbocycles. The Morgan fingerprint density at radius 3 is 2.40 bits per heavy atom. The van der Waals surface area contributed by atoms with E-state index in [2.05, 4.69) is 4.72 Å². The smallest absolute Gasteiger partial charge is 0.234 e. The molecule has 130 valence electrons. The summed E-state index contributed by atoms with van der Waals surface area (Å²) >= 11 is 0. The summed E-state index contributed by atoms with van der Waals surface area (Å²) < 4.78 is 26.6. The number of hydrogen-bond donors (Lipinski definition) is 1. The van der Waals surface area contributed by atoms with Gasteiger partial charge in [-0.3, -0.25) is 4.79 Å². The van der Waals surface area contributed by atoms with Crippen LogP contribution in [0.4, 0.5) is 5.69 Å². The first-order valence-corrected chi connectivity index (χ1v) is 9.70. The van der Waals surface area contributed by atoms with Crippen molar-refractivity contribution in [3.63, 3.8) is 0 Å². The van der Waals surface area contributed by atoms with Gasteiger partial charge in [-0.25, -0.2) is 13.1 Å². The largest absolute Gasteiger partial charge is 0.312 e. The molecule has 1 fully saturated rings. The van der Waals surface area contributed by atoms with Gasteiger partial charge < -0.3 is 4.90 Å². The Hall–Kier alpha value is -2.44. The lowest BCUT2D eigenvalue weighted by molar-refractivity contribution is -0.117. The van der Waals surface area contributed by atoms with Crippen LogP contribution < -0.4 is 9.62 Å². The molecule has 0 bridgehead atoms. The van der Waals surface area contributed by atoms with Gasteiger partial charge in [0.15, 0.2) is 0 Å². The van der Waals surface area contributed by atoms with Crippen LogP contribution in [-0.2, 0) is 21.4 Å². The monoisotopic (exact) mass is 356 g/mol. The standard InChI is InChI=1S/C19H20N2O3S/c22-19-7-4-13-21(19)18-10-8-17(9-11-18)15-20-25(23,24)14-12-16-5-2-1-3-6-16/h1-3,5-6,8-12,14,20H,4,7,13,15H2. The van der Waals surface area contributed by atoms with Crippen LogP contribution >= 0.6 is 0 Å². The summed E-state index contributed by atoms with van der Waals surface area (Å²) in [6, 6.07) is 16.6. The molecule has 0 aliphatic carbocycles. The summed E-state index contributed by atoms with van der Waals surface area (Å²) in [5.74, 6) is 0.138. The van der Waals surface area contributed by atoms with E-state index in [4.69, 9.17) is 0 Å². The highest BCUT2D eigenvalue weighted by Gasteiger charge is 2.21. The predicted molar refractivity (Wildman–Crippen MR) is 99.3 cm³/mol. The fourth-order valence-corrected chi connectivity index (χ4v) is 3.48. The Balaban J connectivity index is 1.59. The maximum Gasteiger partial charge on any atom is 0.234 e. The van der Waals surface area contributed by atoms with Crippen molar-refractivity contribution in [2.75, 3.05) is 11.4 Å². The number of sulfonamides is 1. The average molecular weight is 356 g/mol. The number of amides is 1. The van der Waals surface area contributed by atoms with E-state index < -0.39 is 10.0 Å². The van der Waals surface area contributed by atoms with Crippen LogP contribution in [0.25, 0.3) is 6.08 Å². The number of carbonyl (C=O) groups is 1. The fraction of sp³-hybridized carbons (Fsp3) is 0.211. The van der Waals surface area contributed by atoms with Crippen LogP contribution in [0.1, 0.15) is 24.0 Å². The Kier molecular flexibility index (Phi) is 5.31. The highest BCUT2D eigenvalue weighted by Crippen LogP contribution is 2.21. The third-order valence-electron chi connectivity index (χ3n) is 4.04. The Morgan fingerprint density at radius 2 is 1.76 bits per heavy atom. The van der Waals surface area contributed by atoms with Crippen molar-refractivity contribution in [2.24, 2.45) is 0 Å². The molecule has 0 aromatic heterocycles. The lowest BCUT2D eigenvalue weighted by Gasteiger charge is -2.15. The van der Waals surface area contributed by atoms with Gasteiger partial charge in [-0.2, -0.15) is 0 Å². The van der Waals surface area contributed by atoms with E-state index in [1.54, 1.807) is 11.0 Å². The van der Waals surface area contributed by atoms with Crippen molar-refractivity contribution in [3.8, 4) is 0 Å². The summed E-state index contributed by atoms with van der Waals surface area (Å²) in [5.41, 5.74) is 2.53. The molecule has 25 heavy (non-hydrogen) atoms. The Bertz CT molecular complexity index is 859. The van der Waals surface area contributed by atoms with Gasteiger partial charge in [-0.05, 0) is 35.8 Å². The molecule has 0 spiro atoms. The molecule has 1 aliphatic heterocycles. The molecule has 1 heterocycles. The summed E-state index contributed by atoms with van der Waals surface area (Å²) in [5, 5.41) is 1.17. The van der Waals surface area contributed by atoms with Crippen molar-refractivity contribution in [3.05, 3.63) is 71.1 Å². The molecule has 0 radical (unpaired) electrons. The maximum absolute atomic E-state index is 12.0. The first-order chi connectivity index (χ1) is 12.0. The van der Waals surface area contributed by atoms with Crippen LogP contribution in [0.5, 0.6) is 0 Å². The SMILES string of the molecule is O=C1CCCN1c1ccc(CNS(=O)(=O)C=Cc2ccccc2)cc1. The van der Waals surface area contributed by atoms with Gasteiger partial charge in [0.2, 0.25) is 15.9 Å². The molecule has 0 unspecified atom stereocenters. The second-order valence-corrected chi connectivity index (χ2v) is 7.55. The minimum Gasteiger partial charge on any atom is -0.312 e. The van der Waals surface area contributed by atoms with E-state index >= 15 is 0 Å². The second-order valence-electron chi connectivity index (χ2n) is 5.89. The van der Waals surface area contributed by atoms with Crippen LogP contribution in [-0.4, -0.2) is 20.9 Å². The van der Waals surface area contributed by atoms with Crippen molar-refractivity contribution in [1.82, 2.24) is 4.72 Å². The van der Waals surface area contributed by atoms with E-state index in [1.807, 2.05) is 54.6 Å². The average Bonchev–Trinajstić information content (AvgIpc) is 3.06. The zero-order valence-electron chi connectivity index (χ0n) is 13.8. The summed E-state index contributed by atoms with van der Waals surface area (Å²) in [6.45, 7) is 0.949. The molecule has 6 heteroatoms. The van der Waals surface area contributed by atoms with Crippen molar-refractivity contribution < 1.29 is 13.2 Å². The van der Waals surface area contributed by atoms with E-state index in [0.29, 0.717) is 6.42 Å². The first kappa shape index (κ1) is 17.4. The molecule has 1 amide bonds. The number of carbonyl (C=O) groups excluding carboxylic acids is 1. The van der Waals surface area contributed by atoms with Crippen molar-refractivity contribution >= 4 is 27.7 Å². The zero-order chi connectivity index (χ0) is 17.7.